The lowest BCUT2D eigenvalue weighted by atomic mass is 10.0. The Hall–Kier alpha value is -4.17. The maximum atomic E-state index is 13.2. The van der Waals surface area contributed by atoms with Crippen molar-refractivity contribution < 1.29 is 29.4 Å². The fraction of sp³-hybridized carbons (Fsp3) is 0.435. The number of aliphatic hydroxyl groups excluding tert-OH is 1. The molecule has 0 fully saturated rings. The largest absolute Gasteiger partial charge is 0.480 e. The number of benzene rings is 1. The van der Waals surface area contributed by atoms with Gasteiger partial charge in [0.15, 0.2) is 5.96 Å². The van der Waals surface area contributed by atoms with Crippen LogP contribution in [0.4, 0.5) is 0 Å². The second kappa shape index (κ2) is 13.8. The van der Waals surface area contributed by atoms with Gasteiger partial charge in [0.05, 0.1) is 12.6 Å². The molecule has 0 bridgehead atoms. The molecule has 0 saturated carbocycles. The van der Waals surface area contributed by atoms with Crippen molar-refractivity contribution >= 4 is 40.6 Å². The van der Waals surface area contributed by atoms with Gasteiger partial charge in [-0.3, -0.25) is 19.4 Å². The Labute approximate surface area is 213 Å². The highest BCUT2D eigenvalue weighted by molar-refractivity contribution is 5.94. The van der Waals surface area contributed by atoms with Gasteiger partial charge in [0.25, 0.3) is 0 Å². The molecule has 4 unspecified atom stereocenters. The molecular weight excluding hydrogens is 484 g/mol. The number of para-hydroxylation sites is 1. The number of H-pyrrole nitrogens is 1. The van der Waals surface area contributed by atoms with Gasteiger partial charge in [-0.1, -0.05) is 18.2 Å². The van der Waals surface area contributed by atoms with Crippen LogP contribution in [0.25, 0.3) is 10.9 Å². The van der Waals surface area contributed by atoms with Gasteiger partial charge in [0, 0.05) is 30.1 Å². The summed E-state index contributed by atoms with van der Waals surface area (Å²) in [6.07, 6.45) is 2.00. The topological polar surface area (TPSA) is 251 Å². The third kappa shape index (κ3) is 8.77. The van der Waals surface area contributed by atoms with E-state index >= 15 is 0 Å². The molecule has 12 N–H and O–H groups in total. The quantitative estimate of drug-likeness (QED) is 0.0735. The summed E-state index contributed by atoms with van der Waals surface area (Å²) in [5, 5.41) is 27.3. The molecule has 14 heteroatoms. The average molecular weight is 519 g/mol. The van der Waals surface area contributed by atoms with E-state index in [1.807, 2.05) is 24.3 Å². The Morgan fingerprint density at radius 2 is 1.62 bits per heavy atom. The van der Waals surface area contributed by atoms with E-state index in [0.29, 0.717) is 5.56 Å². The lowest BCUT2D eigenvalue weighted by Crippen LogP contribution is -2.58. The van der Waals surface area contributed by atoms with Crippen molar-refractivity contribution in [1.82, 2.24) is 20.9 Å². The monoisotopic (exact) mass is 518 g/mol. The second-order valence-electron chi connectivity index (χ2n) is 8.51. The van der Waals surface area contributed by atoms with E-state index in [-0.39, 0.29) is 31.8 Å². The number of nitrogens with one attached hydrogen (secondary N) is 4. The van der Waals surface area contributed by atoms with E-state index in [0.717, 1.165) is 10.9 Å². The number of hydrogen-bond donors (Lipinski definition) is 9. The van der Waals surface area contributed by atoms with Crippen molar-refractivity contribution in [3.05, 3.63) is 36.0 Å². The molecule has 202 valence electrons. The number of carboxylic acids is 1. The van der Waals surface area contributed by atoms with Crippen molar-refractivity contribution in [3.63, 3.8) is 0 Å². The number of aliphatic carboxylic acids is 1. The molecule has 37 heavy (non-hydrogen) atoms. The van der Waals surface area contributed by atoms with Crippen molar-refractivity contribution in [2.75, 3.05) is 13.2 Å². The van der Waals surface area contributed by atoms with Gasteiger partial charge in [-0.25, -0.2) is 4.79 Å². The second-order valence-corrected chi connectivity index (χ2v) is 8.51. The molecule has 1 heterocycles. The number of carboxylic acid groups (broad SMARTS) is 1. The number of rotatable bonds is 14. The lowest BCUT2D eigenvalue weighted by molar-refractivity contribution is -0.142. The van der Waals surface area contributed by atoms with Crippen LogP contribution in [-0.2, 0) is 25.6 Å². The molecule has 1 aromatic carbocycles. The van der Waals surface area contributed by atoms with E-state index in [1.54, 1.807) is 6.20 Å². The zero-order valence-electron chi connectivity index (χ0n) is 20.4. The first-order chi connectivity index (χ1) is 17.5. The summed E-state index contributed by atoms with van der Waals surface area (Å²) in [5.41, 5.74) is 17.6. The number of nitrogens with zero attached hydrogens (tertiary/aromatic N) is 1. The fourth-order valence-electron chi connectivity index (χ4n) is 3.53. The van der Waals surface area contributed by atoms with Crippen LogP contribution < -0.4 is 33.2 Å². The zero-order valence-corrected chi connectivity index (χ0v) is 20.4. The van der Waals surface area contributed by atoms with Gasteiger partial charge in [-0.05, 0) is 31.4 Å². The highest BCUT2D eigenvalue weighted by atomic mass is 16.4. The Morgan fingerprint density at radius 1 is 1.00 bits per heavy atom. The van der Waals surface area contributed by atoms with Gasteiger partial charge in [0.2, 0.25) is 17.7 Å². The van der Waals surface area contributed by atoms with Crippen LogP contribution >= 0.6 is 0 Å². The summed E-state index contributed by atoms with van der Waals surface area (Å²) in [6, 6.07) is 2.53. The van der Waals surface area contributed by atoms with E-state index in [9.17, 15) is 29.4 Å². The van der Waals surface area contributed by atoms with E-state index in [4.69, 9.17) is 17.2 Å². The molecule has 14 nitrogen and oxygen atoms in total. The predicted molar refractivity (Wildman–Crippen MR) is 136 cm³/mol. The molecule has 0 aliphatic rings. The van der Waals surface area contributed by atoms with Crippen LogP contribution in [-0.4, -0.2) is 82.2 Å². The van der Waals surface area contributed by atoms with Gasteiger partial charge in [-0.2, -0.15) is 0 Å². The van der Waals surface area contributed by atoms with Gasteiger partial charge in [0.1, 0.15) is 18.1 Å². The minimum atomic E-state index is -1.37. The molecule has 0 saturated heterocycles. The zero-order chi connectivity index (χ0) is 27.5. The molecular formula is C23H34N8O6. The minimum absolute atomic E-state index is 0.00130. The average Bonchev–Trinajstić information content (AvgIpc) is 3.25. The predicted octanol–water partition coefficient (Wildman–Crippen LogP) is -2.36. The van der Waals surface area contributed by atoms with Crippen LogP contribution in [0.2, 0.25) is 0 Å². The van der Waals surface area contributed by atoms with E-state index < -0.39 is 54.5 Å². The normalized spacial score (nSPS) is 14.1. The number of fused-ring (bicyclic) bond motifs is 1. The van der Waals surface area contributed by atoms with Crippen molar-refractivity contribution in [2.45, 2.75) is 50.4 Å². The van der Waals surface area contributed by atoms with E-state index in [1.165, 1.54) is 6.92 Å². The molecule has 0 aliphatic carbocycles. The number of hydrogen-bond acceptors (Lipinski definition) is 7. The van der Waals surface area contributed by atoms with Gasteiger partial charge >= 0.3 is 5.97 Å². The van der Waals surface area contributed by atoms with Crippen LogP contribution in [0.5, 0.6) is 0 Å². The fourth-order valence-corrected chi connectivity index (χ4v) is 3.53. The van der Waals surface area contributed by atoms with Gasteiger partial charge < -0.3 is 48.3 Å². The van der Waals surface area contributed by atoms with E-state index in [2.05, 4.69) is 25.9 Å². The number of nitrogens with two attached hydrogens (primary N) is 3. The number of aliphatic imine (C=N–C) groups is 1. The standard InChI is InChI=1S/C23H34N8O6/c1-12(24)19(33)31-18(11-32)21(35)30-17(9-13-10-28-15-6-3-2-5-14(13)15)20(34)29-16(22(36)37)7-4-8-27-23(25)26/h2-3,5-6,10,12,16-18,28,32H,4,7-9,11,24H2,1H3,(H,29,34)(H,30,35)(H,31,33)(H,36,37)(H4,25,26,27). The number of aromatic amines is 1. The summed E-state index contributed by atoms with van der Waals surface area (Å²) in [6.45, 7) is 0.845. The number of aromatic nitrogens is 1. The third-order valence-corrected chi connectivity index (χ3v) is 5.52. The maximum Gasteiger partial charge on any atom is 0.326 e. The van der Waals surface area contributed by atoms with Crippen molar-refractivity contribution in [1.29, 1.82) is 0 Å². The molecule has 1 aromatic heterocycles. The van der Waals surface area contributed by atoms with Crippen LogP contribution in [0, 0.1) is 0 Å². The minimum Gasteiger partial charge on any atom is -0.480 e. The lowest BCUT2D eigenvalue weighted by Gasteiger charge is -2.24. The maximum absolute atomic E-state index is 13.2. The first-order valence-electron chi connectivity index (χ1n) is 11.6. The summed E-state index contributed by atoms with van der Waals surface area (Å²) in [4.78, 5) is 56.6. The van der Waals surface area contributed by atoms with Gasteiger partial charge in [-0.15, -0.1) is 0 Å². The number of carbonyl (C=O) groups excluding carboxylic acids is 3. The first kappa shape index (κ1) is 29.1. The molecule has 0 spiro atoms. The van der Waals surface area contributed by atoms with Crippen LogP contribution in [0.1, 0.15) is 25.3 Å². The molecule has 0 radical (unpaired) electrons. The molecule has 2 rings (SSSR count). The molecule has 2 aromatic rings. The Bertz CT molecular complexity index is 1130. The number of aliphatic hydroxyl groups is 1. The summed E-state index contributed by atoms with van der Waals surface area (Å²) in [5.74, 6) is -3.67. The number of amides is 3. The van der Waals surface area contributed by atoms with Crippen LogP contribution in [0.3, 0.4) is 0 Å². The summed E-state index contributed by atoms with van der Waals surface area (Å²) < 4.78 is 0. The van der Waals surface area contributed by atoms with Crippen molar-refractivity contribution in [3.8, 4) is 0 Å². The third-order valence-electron chi connectivity index (χ3n) is 5.52. The summed E-state index contributed by atoms with van der Waals surface area (Å²) in [7, 11) is 0. The number of carbonyl (C=O) groups is 4. The molecule has 0 aliphatic heterocycles. The van der Waals surface area contributed by atoms with Crippen LogP contribution in [0.15, 0.2) is 35.5 Å². The molecule has 4 atom stereocenters. The summed E-state index contributed by atoms with van der Waals surface area (Å²) >= 11 is 0. The SMILES string of the molecule is CC(N)C(=O)NC(CO)C(=O)NC(Cc1c[nH]c2ccccc12)C(=O)NC(CCCN=C(N)N)C(=O)O. The Morgan fingerprint density at radius 3 is 2.24 bits per heavy atom. The first-order valence-corrected chi connectivity index (χ1v) is 11.6. The smallest absolute Gasteiger partial charge is 0.326 e. The Balaban J connectivity index is 2.24. The Kier molecular flexibility index (Phi) is 10.8. The highest BCUT2D eigenvalue weighted by Crippen LogP contribution is 2.19. The molecule has 3 amide bonds. The number of guanidine groups is 1. The van der Waals surface area contributed by atoms with Crippen molar-refractivity contribution in [2.24, 2.45) is 22.2 Å². The highest BCUT2D eigenvalue weighted by Gasteiger charge is 2.30.